The van der Waals surface area contributed by atoms with E-state index in [2.05, 4.69) is 0 Å². The fourth-order valence-electron chi connectivity index (χ4n) is 0.995. The predicted octanol–water partition coefficient (Wildman–Crippen LogP) is 1.01. The summed E-state index contributed by atoms with van der Waals surface area (Å²) in [5.41, 5.74) is -0.965. The highest BCUT2D eigenvalue weighted by molar-refractivity contribution is 6.31. The van der Waals surface area contributed by atoms with E-state index in [4.69, 9.17) is 32.0 Å². The van der Waals surface area contributed by atoms with Gasteiger partial charge in [-0.25, -0.2) is 9.18 Å². The van der Waals surface area contributed by atoms with Crippen molar-refractivity contribution < 1.29 is 29.6 Å². The van der Waals surface area contributed by atoms with Gasteiger partial charge in [-0.15, -0.1) is 0 Å². The van der Waals surface area contributed by atoms with Crippen molar-refractivity contribution in [1.82, 2.24) is 0 Å². The summed E-state index contributed by atoms with van der Waals surface area (Å²) >= 11 is 5.29. The van der Waals surface area contributed by atoms with Crippen molar-refractivity contribution in [1.29, 1.82) is 0 Å². The van der Waals surface area contributed by atoms with Crippen molar-refractivity contribution in [2.24, 2.45) is 0 Å². The number of halogens is 2. The molecule has 0 aliphatic heterocycles. The van der Waals surface area contributed by atoms with Crippen LogP contribution < -0.4 is 0 Å². The Morgan fingerprint density at radius 3 is 2.47 bits per heavy atom. The number of carboxylic acid groups (broad SMARTS) is 1. The number of aromatic hydroxyl groups is 2. The fourth-order valence-corrected chi connectivity index (χ4v) is 1.20. The number of hydrogen-bond acceptors (Lipinski definition) is 4. The number of rotatable bonds is 2. The molecular weight excluding hydrogens is 231 g/mol. The summed E-state index contributed by atoms with van der Waals surface area (Å²) in [5, 5.41) is 35.0. The van der Waals surface area contributed by atoms with Gasteiger partial charge in [0.1, 0.15) is 0 Å². The Kier molecular flexibility index (Phi) is 3.01. The molecule has 1 atom stereocenters. The summed E-state index contributed by atoms with van der Waals surface area (Å²) in [7, 11) is 0. The first-order valence-corrected chi connectivity index (χ1v) is 4.04. The molecule has 1 unspecified atom stereocenters. The largest absolute Gasteiger partial charge is 0.504 e. The lowest BCUT2D eigenvalue weighted by Gasteiger charge is -2.11. The molecule has 0 aromatic heterocycles. The molecule has 0 saturated heterocycles. The van der Waals surface area contributed by atoms with Gasteiger partial charge in [0, 0.05) is 6.07 Å². The second-order valence-corrected chi connectivity index (χ2v) is 3.10. The third-order valence-electron chi connectivity index (χ3n) is 1.71. The molecule has 15 heavy (non-hydrogen) atoms. The second-order valence-electron chi connectivity index (χ2n) is 2.69. The number of carboxylic acids is 1. The van der Waals surface area contributed by atoms with Crippen molar-refractivity contribution in [3.8, 4) is 11.5 Å². The van der Waals surface area contributed by atoms with Crippen LogP contribution in [0.3, 0.4) is 0 Å². The van der Waals surface area contributed by atoms with Crippen LogP contribution in [0.4, 0.5) is 4.39 Å². The van der Waals surface area contributed by atoms with Gasteiger partial charge in [0.05, 0.1) is 10.6 Å². The smallest absolute Gasteiger partial charge is 0.337 e. The van der Waals surface area contributed by atoms with Gasteiger partial charge in [-0.2, -0.15) is 0 Å². The van der Waals surface area contributed by atoms with Gasteiger partial charge in [-0.3, -0.25) is 0 Å². The van der Waals surface area contributed by atoms with E-state index in [0.717, 1.165) is 0 Å². The molecule has 1 rings (SSSR count). The quantitative estimate of drug-likeness (QED) is 0.575. The molecule has 0 fully saturated rings. The van der Waals surface area contributed by atoms with Crippen LogP contribution in [0.25, 0.3) is 0 Å². The zero-order chi connectivity index (χ0) is 11.7. The van der Waals surface area contributed by atoms with Crippen LogP contribution in [-0.4, -0.2) is 26.4 Å². The number of hydrogen-bond donors (Lipinski definition) is 4. The molecule has 5 nitrogen and oxygen atoms in total. The molecule has 0 amide bonds. The molecule has 0 aliphatic rings. The Morgan fingerprint density at radius 2 is 2.00 bits per heavy atom. The topological polar surface area (TPSA) is 98.0 Å². The van der Waals surface area contributed by atoms with Crippen molar-refractivity contribution in [3.05, 3.63) is 22.5 Å². The predicted molar refractivity (Wildman–Crippen MR) is 47.3 cm³/mol. The van der Waals surface area contributed by atoms with Gasteiger partial charge >= 0.3 is 5.97 Å². The normalized spacial score (nSPS) is 12.5. The van der Waals surface area contributed by atoms with Gasteiger partial charge in [-0.1, -0.05) is 11.6 Å². The minimum Gasteiger partial charge on any atom is -0.504 e. The average molecular weight is 237 g/mol. The van der Waals surface area contributed by atoms with Gasteiger partial charge in [-0.05, 0) is 0 Å². The molecular formula is C8H6ClFO5. The molecule has 1 aromatic carbocycles. The molecule has 7 heteroatoms. The third kappa shape index (κ3) is 1.95. The fraction of sp³-hybridized carbons (Fsp3) is 0.125. The maximum Gasteiger partial charge on any atom is 0.337 e. The first-order chi connectivity index (χ1) is 6.86. The summed E-state index contributed by atoms with van der Waals surface area (Å²) in [6, 6.07) is 0.699. The number of carbonyl (C=O) groups is 1. The third-order valence-corrected chi connectivity index (χ3v) is 1.99. The van der Waals surface area contributed by atoms with Gasteiger partial charge in [0.15, 0.2) is 23.4 Å². The highest BCUT2D eigenvalue weighted by atomic mass is 35.5. The molecule has 0 saturated carbocycles. The SMILES string of the molecule is O=C(O)C(O)c1c(O)c(O)cc(Cl)c1F. The lowest BCUT2D eigenvalue weighted by molar-refractivity contribution is -0.147. The van der Waals surface area contributed by atoms with Crippen LogP contribution in [0.2, 0.25) is 5.02 Å². The van der Waals surface area contributed by atoms with Crippen LogP contribution in [-0.2, 0) is 4.79 Å². The van der Waals surface area contributed by atoms with Crippen molar-refractivity contribution in [2.45, 2.75) is 6.10 Å². The molecule has 4 N–H and O–H groups in total. The Morgan fingerprint density at radius 1 is 1.47 bits per heavy atom. The number of aliphatic carboxylic acids is 1. The molecule has 82 valence electrons. The van der Waals surface area contributed by atoms with E-state index in [9.17, 15) is 9.18 Å². The van der Waals surface area contributed by atoms with E-state index in [0.29, 0.717) is 6.07 Å². The molecule has 1 aromatic rings. The minimum absolute atomic E-state index is 0.597. The second kappa shape index (κ2) is 3.92. The van der Waals surface area contributed by atoms with E-state index < -0.39 is 40.0 Å². The monoisotopic (exact) mass is 236 g/mol. The summed E-state index contributed by atoms with van der Waals surface area (Å²) in [5.74, 6) is -4.92. The highest BCUT2D eigenvalue weighted by Gasteiger charge is 2.27. The first kappa shape index (κ1) is 11.5. The molecule has 0 radical (unpaired) electrons. The van der Waals surface area contributed by atoms with Gasteiger partial charge in [0.2, 0.25) is 0 Å². The standard InChI is InChI=1S/C8H6ClFO5/c9-2-1-3(11)6(12)4(5(2)10)7(13)8(14)15/h1,7,11-13H,(H,14,15). The average Bonchev–Trinajstić information content (AvgIpc) is 2.15. The summed E-state index contributed by atoms with van der Waals surface area (Å²) in [6.45, 7) is 0. The van der Waals surface area contributed by atoms with Crippen molar-refractivity contribution in [3.63, 3.8) is 0 Å². The Bertz CT molecular complexity index is 394. The van der Waals surface area contributed by atoms with Crippen LogP contribution in [0.15, 0.2) is 6.07 Å². The number of phenolic OH excluding ortho intramolecular Hbond substituents is 2. The first-order valence-electron chi connectivity index (χ1n) is 3.67. The summed E-state index contributed by atoms with van der Waals surface area (Å²) in [4.78, 5) is 10.4. The number of aliphatic hydroxyl groups is 1. The lowest BCUT2D eigenvalue weighted by atomic mass is 10.1. The van der Waals surface area contributed by atoms with Crippen LogP contribution in [0, 0.1) is 5.82 Å². The van der Waals surface area contributed by atoms with Crippen molar-refractivity contribution in [2.75, 3.05) is 0 Å². The van der Waals surface area contributed by atoms with E-state index in [-0.39, 0.29) is 0 Å². The number of benzene rings is 1. The van der Waals surface area contributed by atoms with E-state index in [1.54, 1.807) is 0 Å². The maximum absolute atomic E-state index is 13.2. The Balaban J connectivity index is 3.45. The van der Waals surface area contributed by atoms with Gasteiger partial charge in [0.25, 0.3) is 0 Å². The molecule has 0 bridgehead atoms. The van der Waals surface area contributed by atoms with Crippen molar-refractivity contribution >= 4 is 17.6 Å². The zero-order valence-electron chi connectivity index (χ0n) is 7.11. The summed E-state index contributed by atoms with van der Waals surface area (Å²) < 4.78 is 13.2. The van der Waals surface area contributed by atoms with Crippen LogP contribution in [0.5, 0.6) is 11.5 Å². The zero-order valence-corrected chi connectivity index (χ0v) is 7.86. The van der Waals surface area contributed by atoms with Gasteiger partial charge < -0.3 is 20.4 Å². The molecule has 0 spiro atoms. The Hall–Kier alpha value is -1.53. The van der Waals surface area contributed by atoms with E-state index >= 15 is 0 Å². The number of aliphatic hydroxyl groups excluding tert-OH is 1. The van der Waals surface area contributed by atoms with Crippen LogP contribution >= 0.6 is 11.6 Å². The lowest BCUT2D eigenvalue weighted by Crippen LogP contribution is -2.12. The van der Waals surface area contributed by atoms with E-state index in [1.807, 2.05) is 0 Å². The van der Waals surface area contributed by atoms with E-state index in [1.165, 1.54) is 0 Å². The minimum atomic E-state index is -2.30. The highest BCUT2D eigenvalue weighted by Crippen LogP contribution is 2.38. The number of phenols is 2. The van der Waals surface area contributed by atoms with Crippen LogP contribution in [0.1, 0.15) is 11.7 Å². The Labute approximate surface area is 88.0 Å². The summed E-state index contributed by atoms with van der Waals surface area (Å²) in [6.07, 6.45) is -2.30. The maximum atomic E-state index is 13.2. The molecule has 0 aliphatic carbocycles. The molecule has 0 heterocycles.